The Labute approximate surface area is 228 Å². The molecule has 6 rings (SSSR count). The third kappa shape index (κ3) is 4.11. The lowest BCUT2D eigenvalue weighted by Gasteiger charge is -2.62. The minimum atomic E-state index is -0.226. The van der Waals surface area contributed by atoms with Crippen LogP contribution in [0.3, 0.4) is 0 Å². The summed E-state index contributed by atoms with van der Waals surface area (Å²) in [6.45, 7) is 8.13. The van der Waals surface area contributed by atoms with E-state index in [9.17, 15) is 15.0 Å². The fourth-order valence-corrected chi connectivity index (χ4v) is 10.8. The Kier molecular flexibility index (Phi) is 6.73. The molecule has 0 unspecified atom stereocenters. The molecule has 204 valence electrons. The van der Waals surface area contributed by atoms with Gasteiger partial charge in [0.2, 0.25) is 5.91 Å². The molecule has 10 atom stereocenters. The van der Waals surface area contributed by atoms with Crippen molar-refractivity contribution in [1.29, 1.82) is 0 Å². The van der Waals surface area contributed by atoms with Crippen LogP contribution in [0, 0.1) is 46.3 Å². The van der Waals surface area contributed by atoms with Gasteiger partial charge < -0.3 is 15.1 Å². The van der Waals surface area contributed by atoms with Crippen molar-refractivity contribution in [2.24, 2.45) is 46.3 Å². The summed E-state index contributed by atoms with van der Waals surface area (Å²) >= 11 is 6.38. The number of hydrogen-bond donors (Lipinski definition) is 2. The number of fused-ring (bicyclic) bond motifs is 6. The van der Waals surface area contributed by atoms with Crippen LogP contribution in [0.5, 0.6) is 0 Å². The third-order valence-corrected chi connectivity index (χ3v) is 12.9. The molecule has 4 fully saturated rings. The van der Waals surface area contributed by atoms with Gasteiger partial charge >= 0.3 is 0 Å². The average molecular weight is 528 g/mol. The van der Waals surface area contributed by atoms with E-state index >= 15 is 0 Å². The number of benzene rings is 1. The molecular formula is C32H46ClNO3. The number of halogens is 1. The van der Waals surface area contributed by atoms with Crippen LogP contribution < -0.4 is 4.90 Å². The summed E-state index contributed by atoms with van der Waals surface area (Å²) in [7, 11) is 0. The normalized spacial score (nSPS) is 43.5. The maximum absolute atomic E-state index is 13.3. The number of aliphatic hydroxyl groups is 2. The first-order valence-electron chi connectivity index (χ1n) is 15.1. The van der Waals surface area contributed by atoms with Crippen molar-refractivity contribution in [3.05, 3.63) is 28.8 Å². The van der Waals surface area contributed by atoms with E-state index in [1.165, 1.54) is 25.7 Å². The fraction of sp³-hybridized carbons (Fsp3) is 0.781. The Balaban J connectivity index is 1.13. The van der Waals surface area contributed by atoms with E-state index in [0.29, 0.717) is 41.9 Å². The number of carbonyl (C=O) groups is 1. The van der Waals surface area contributed by atoms with Gasteiger partial charge in [-0.1, -0.05) is 38.4 Å². The summed E-state index contributed by atoms with van der Waals surface area (Å²) in [6, 6.07) is 5.90. The van der Waals surface area contributed by atoms with Gasteiger partial charge in [0, 0.05) is 23.7 Å². The smallest absolute Gasteiger partial charge is 0.227 e. The second kappa shape index (κ2) is 9.52. The van der Waals surface area contributed by atoms with E-state index in [0.717, 1.165) is 61.3 Å². The predicted octanol–water partition coefficient (Wildman–Crippen LogP) is 6.64. The summed E-state index contributed by atoms with van der Waals surface area (Å²) in [4.78, 5) is 15.2. The second-order valence-electron chi connectivity index (χ2n) is 14.0. The van der Waals surface area contributed by atoms with Gasteiger partial charge in [0.15, 0.2) is 0 Å². The molecule has 1 amide bonds. The Morgan fingerprint density at radius 1 is 1.08 bits per heavy atom. The molecule has 1 aliphatic heterocycles. The Bertz CT molecular complexity index is 1040. The largest absolute Gasteiger partial charge is 0.393 e. The van der Waals surface area contributed by atoms with Crippen molar-refractivity contribution in [3.63, 3.8) is 0 Å². The number of hydrogen-bond acceptors (Lipinski definition) is 3. The highest BCUT2D eigenvalue weighted by atomic mass is 35.5. The monoisotopic (exact) mass is 527 g/mol. The highest BCUT2D eigenvalue weighted by molar-refractivity contribution is 6.32. The van der Waals surface area contributed by atoms with Crippen LogP contribution in [-0.2, 0) is 11.2 Å². The summed E-state index contributed by atoms with van der Waals surface area (Å²) in [5.41, 5.74) is 2.65. The van der Waals surface area contributed by atoms with Crippen molar-refractivity contribution in [3.8, 4) is 0 Å². The lowest BCUT2D eigenvalue weighted by Crippen LogP contribution is -2.58. The molecule has 0 radical (unpaired) electrons. The van der Waals surface area contributed by atoms with E-state index in [-0.39, 0.29) is 28.9 Å². The number of amides is 1. The molecule has 0 aromatic heterocycles. The minimum Gasteiger partial charge on any atom is -0.393 e. The summed E-state index contributed by atoms with van der Waals surface area (Å²) in [5, 5.41) is 22.6. The van der Waals surface area contributed by atoms with Gasteiger partial charge in [-0.2, -0.15) is 0 Å². The second-order valence-corrected chi connectivity index (χ2v) is 14.4. The van der Waals surface area contributed by atoms with Gasteiger partial charge in [0.1, 0.15) is 0 Å². The SMILES string of the molecule is C[C@H](CCC(=O)N1CCc2c(Cl)cccc21)[C@H]1CC[C@H]2[C@@H]3[C@@H](O)C[C@@H]4C[C@H](O)CC[C@]4(C)[C@H]3CC[C@]12C. The molecule has 0 spiro atoms. The van der Waals surface area contributed by atoms with Gasteiger partial charge in [0.05, 0.1) is 12.2 Å². The van der Waals surface area contributed by atoms with E-state index in [2.05, 4.69) is 20.8 Å². The zero-order valence-electron chi connectivity index (χ0n) is 23.0. The van der Waals surface area contributed by atoms with Crippen LogP contribution in [0.1, 0.15) is 90.5 Å². The molecule has 5 heteroatoms. The van der Waals surface area contributed by atoms with E-state index in [4.69, 9.17) is 11.6 Å². The molecular weight excluding hydrogens is 482 g/mol. The van der Waals surface area contributed by atoms with Crippen LogP contribution in [0.4, 0.5) is 5.69 Å². The minimum absolute atomic E-state index is 0.180. The Hall–Kier alpha value is -1.10. The summed E-state index contributed by atoms with van der Waals surface area (Å²) in [5.74, 6) is 3.40. The molecule has 1 aromatic carbocycles. The number of rotatable bonds is 4. The molecule has 2 N–H and O–H groups in total. The molecule has 4 nitrogen and oxygen atoms in total. The number of anilines is 1. The van der Waals surface area contributed by atoms with Gasteiger partial charge in [-0.3, -0.25) is 4.79 Å². The highest BCUT2D eigenvalue weighted by Gasteiger charge is 2.62. The molecule has 5 aliphatic rings. The van der Waals surface area contributed by atoms with Crippen molar-refractivity contribution < 1.29 is 15.0 Å². The highest BCUT2D eigenvalue weighted by Crippen LogP contribution is 2.68. The number of nitrogens with zero attached hydrogens (tertiary/aromatic N) is 1. The van der Waals surface area contributed by atoms with Crippen LogP contribution in [0.15, 0.2) is 18.2 Å². The van der Waals surface area contributed by atoms with Crippen LogP contribution >= 0.6 is 11.6 Å². The fourth-order valence-electron chi connectivity index (χ4n) is 10.5. The van der Waals surface area contributed by atoms with Gasteiger partial charge in [-0.15, -0.1) is 0 Å². The molecule has 37 heavy (non-hydrogen) atoms. The Morgan fingerprint density at radius 2 is 1.84 bits per heavy atom. The molecule has 1 heterocycles. The first-order valence-corrected chi connectivity index (χ1v) is 15.4. The van der Waals surface area contributed by atoms with Crippen molar-refractivity contribution >= 4 is 23.2 Å². The van der Waals surface area contributed by atoms with E-state index in [1.807, 2.05) is 23.1 Å². The maximum atomic E-state index is 13.3. The molecule has 4 aliphatic carbocycles. The first kappa shape index (κ1) is 26.1. The predicted molar refractivity (Wildman–Crippen MR) is 149 cm³/mol. The van der Waals surface area contributed by atoms with Crippen LogP contribution in [0.2, 0.25) is 5.02 Å². The number of aliphatic hydroxyl groups excluding tert-OH is 2. The summed E-state index contributed by atoms with van der Waals surface area (Å²) in [6.07, 6.45) is 10.7. The Morgan fingerprint density at radius 3 is 2.65 bits per heavy atom. The zero-order chi connectivity index (χ0) is 26.1. The lowest BCUT2D eigenvalue weighted by atomic mass is 9.43. The standard InChI is InChI=1S/C32H46ClNO3/c1-19(7-10-29(37)34-16-13-22-26(33)5-4-6-27(22)34)23-8-9-24-30-25(12-15-32(23,24)3)31(2)14-11-21(35)17-20(31)18-28(30)36/h4-6,19-21,23-25,28,30,35-36H,7-18H2,1-3H3/t19-,20+,21-,23-,24+,25+,28+,30+,31+,32-/m1/s1. The first-order chi connectivity index (χ1) is 17.6. The van der Waals surface area contributed by atoms with Gasteiger partial charge in [0.25, 0.3) is 0 Å². The third-order valence-electron chi connectivity index (χ3n) is 12.5. The van der Waals surface area contributed by atoms with Gasteiger partial charge in [-0.25, -0.2) is 0 Å². The van der Waals surface area contributed by atoms with Crippen LogP contribution in [0.25, 0.3) is 0 Å². The average Bonchev–Trinajstić information content (AvgIpc) is 3.45. The lowest BCUT2D eigenvalue weighted by molar-refractivity contribution is -0.174. The van der Waals surface area contributed by atoms with Crippen molar-refractivity contribution in [2.75, 3.05) is 11.4 Å². The summed E-state index contributed by atoms with van der Waals surface area (Å²) < 4.78 is 0. The molecule has 0 bridgehead atoms. The molecule has 0 saturated heterocycles. The van der Waals surface area contributed by atoms with Gasteiger partial charge in [-0.05, 0) is 128 Å². The van der Waals surface area contributed by atoms with E-state index in [1.54, 1.807) is 0 Å². The van der Waals surface area contributed by atoms with E-state index < -0.39 is 0 Å². The topological polar surface area (TPSA) is 60.8 Å². The zero-order valence-corrected chi connectivity index (χ0v) is 23.7. The molecule has 1 aromatic rings. The molecule has 4 saturated carbocycles. The maximum Gasteiger partial charge on any atom is 0.227 e. The number of carbonyl (C=O) groups excluding carboxylic acids is 1. The quantitative estimate of drug-likeness (QED) is 0.461. The van der Waals surface area contributed by atoms with Crippen molar-refractivity contribution in [2.45, 2.75) is 104 Å². The van der Waals surface area contributed by atoms with Crippen molar-refractivity contribution in [1.82, 2.24) is 0 Å². The van der Waals surface area contributed by atoms with Crippen LogP contribution in [-0.4, -0.2) is 34.9 Å².